The Balaban J connectivity index is 1.15. The third kappa shape index (κ3) is 4.41. The minimum absolute atomic E-state index is 0.0932. The first kappa shape index (κ1) is 21.0. The van der Waals surface area contributed by atoms with Gasteiger partial charge in [0.05, 0.1) is 24.2 Å². The van der Waals surface area contributed by atoms with Crippen LogP contribution in [0.25, 0.3) is 11.5 Å². The zero-order chi connectivity index (χ0) is 22.9. The van der Waals surface area contributed by atoms with Crippen LogP contribution in [0.2, 0.25) is 0 Å². The molecule has 1 fully saturated rings. The SMILES string of the molecule is Cc1cn2nc(OCC3CCN(C(=O)c4ccc(-n5nc(C)cc5C)nn4)CC3)ccc2n1. The fourth-order valence-electron chi connectivity index (χ4n) is 4.14. The molecule has 0 radical (unpaired) electrons. The minimum Gasteiger partial charge on any atom is -0.476 e. The van der Waals surface area contributed by atoms with E-state index in [0.717, 1.165) is 35.6 Å². The van der Waals surface area contributed by atoms with Gasteiger partial charge < -0.3 is 9.64 Å². The average Bonchev–Trinajstić information content (AvgIpc) is 3.37. The van der Waals surface area contributed by atoms with Gasteiger partial charge in [0.1, 0.15) is 0 Å². The van der Waals surface area contributed by atoms with Crippen LogP contribution in [0.1, 0.15) is 40.4 Å². The molecule has 10 nitrogen and oxygen atoms in total. The Bertz CT molecular complexity index is 1290. The molecule has 10 heteroatoms. The van der Waals surface area contributed by atoms with Crippen molar-refractivity contribution < 1.29 is 9.53 Å². The van der Waals surface area contributed by atoms with E-state index in [9.17, 15) is 4.79 Å². The second kappa shape index (κ2) is 8.61. The lowest BCUT2D eigenvalue weighted by atomic mass is 9.97. The quantitative estimate of drug-likeness (QED) is 0.464. The molecule has 5 heterocycles. The zero-order valence-corrected chi connectivity index (χ0v) is 19.0. The fourth-order valence-corrected chi connectivity index (χ4v) is 4.14. The molecule has 0 aromatic carbocycles. The first-order valence-electron chi connectivity index (χ1n) is 11.1. The Hall–Kier alpha value is -3.82. The lowest BCUT2D eigenvalue weighted by Crippen LogP contribution is -2.40. The van der Waals surface area contributed by atoms with E-state index in [0.29, 0.717) is 43.0 Å². The summed E-state index contributed by atoms with van der Waals surface area (Å²) >= 11 is 0. The number of hydrogen-bond donors (Lipinski definition) is 0. The van der Waals surface area contributed by atoms with Gasteiger partial charge in [-0.25, -0.2) is 14.2 Å². The maximum absolute atomic E-state index is 12.9. The van der Waals surface area contributed by atoms with Crippen molar-refractivity contribution in [1.82, 2.24) is 39.5 Å². The predicted octanol–water partition coefficient (Wildman–Crippen LogP) is 2.56. The van der Waals surface area contributed by atoms with Crippen molar-refractivity contribution in [3.8, 4) is 11.7 Å². The third-order valence-corrected chi connectivity index (χ3v) is 5.88. The number of aryl methyl sites for hydroxylation is 3. The van der Waals surface area contributed by atoms with Crippen molar-refractivity contribution in [3.05, 3.63) is 59.3 Å². The number of imidazole rings is 1. The van der Waals surface area contributed by atoms with Gasteiger partial charge in [-0.1, -0.05) is 0 Å². The second-order valence-electron chi connectivity index (χ2n) is 8.52. The molecule has 4 aromatic rings. The van der Waals surface area contributed by atoms with E-state index in [-0.39, 0.29) is 5.91 Å². The van der Waals surface area contributed by atoms with Crippen molar-refractivity contribution >= 4 is 11.6 Å². The van der Waals surface area contributed by atoms with Gasteiger partial charge >= 0.3 is 0 Å². The predicted molar refractivity (Wildman–Crippen MR) is 120 cm³/mol. The maximum atomic E-state index is 12.9. The van der Waals surface area contributed by atoms with E-state index in [2.05, 4.69) is 25.4 Å². The van der Waals surface area contributed by atoms with Gasteiger partial charge in [0.15, 0.2) is 17.2 Å². The summed E-state index contributed by atoms with van der Waals surface area (Å²) in [7, 11) is 0. The summed E-state index contributed by atoms with van der Waals surface area (Å²) < 4.78 is 9.37. The maximum Gasteiger partial charge on any atom is 0.274 e. The molecule has 1 aliphatic heterocycles. The molecule has 33 heavy (non-hydrogen) atoms. The van der Waals surface area contributed by atoms with E-state index in [4.69, 9.17) is 4.74 Å². The van der Waals surface area contributed by atoms with E-state index in [1.165, 1.54) is 0 Å². The highest BCUT2D eigenvalue weighted by Gasteiger charge is 2.25. The highest BCUT2D eigenvalue weighted by molar-refractivity contribution is 5.92. The zero-order valence-electron chi connectivity index (χ0n) is 19.0. The molecular formula is C23H26N8O2. The molecule has 0 bridgehead atoms. The average molecular weight is 447 g/mol. The Morgan fingerprint density at radius 3 is 2.55 bits per heavy atom. The molecule has 5 rings (SSSR count). The van der Waals surface area contributed by atoms with Gasteiger partial charge in [-0.2, -0.15) is 5.10 Å². The summed E-state index contributed by atoms with van der Waals surface area (Å²) in [6.45, 7) is 7.74. The molecule has 0 unspecified atom stereocenters. The highest BCUT2D eigenvalue weighted by Crippen LogP contribution is 2.20. The molecule has 170 valence electrons. The molecule has 1 amide bonds. The molecule has 0 atom stereocenters. The van der Waals surface area contributed by atoms with Crippen LogP contribution in [0.4, 0.5) is 0 Å². The van der Waals surface area contributed by atoms with Crippen LogP contribution in [0.5, 0.6) is 5.88 Å². The minimum atomic E-state index is -0.0932. The molecule has 0 spiro atoms. The molecule has 0 saturated carbocycles. The molecular weight excluding hydrogens is 420 g/mol. The molecule has 0 aliphatic carbocycles. The number of aromatic nitrogens is 7. The number of ether oxygens (including phenoxy) is 1. The first-order valence-corrected chi connectivity index (χ1v) is 11.1. The van der Waals surface area contributed by atoms with Crippen LogP contribution < -0.4 is 4.74 Å². The smallest absolute Gasteiger partial charge is 0.274 e. The molecule has 4 aromatic heterocycles. The summed E-state index contributed by atoms with van der Waals surface area (Å²) in [5.74, 6) is 1.46. The largest absolute Gasteiger partial charge is 0.476 e. The van der Waals surface area contributed by atoms with Crippen LogP contribution in [0.15, 0.2) is 36.5 Å². The standard InChI is InChI=1S/C23H26N8O2/c1-15-12-17(3)31(27-15)21-5-4-19(25-26-21)23(32)29-10-8-18(9-11-29)14-33-22-7-6-20-24-16(2)13-30(20)28-22/h4-7,12-13,18H,8-11,14H2,1-3H3. The van der Waals surface area contributed by atoms with E-state index in [1.54, 1.807) is 21.3 Å². The summed E-state index contributed by atoms with van der Waals surface area (Å²) in [6.07, 6.45) is 3.61. The van der Waals surface area contributed by atoms with Crippen LogP contribution in [-0.4, -0.2) is 65.1 Å². The van der Waals surface area contributed by atoms with Crippen LogP contribution in [0, 0.1) is 26.7 Å². The van der Waals surface area contributed by atoms with Gasteiger partial charge in [-0.15, -0.1) is 15.3 Å². The normalized spacial score (nSPS) is 14.7. The molecule has 0 N–H and O–H groups in total. The lowest BCUT2D eigenvalue weighted by Gasteiger charge is -2.31. The highest BCUT2D eigenvalue weighted by atomic mass is 16.5. The van der Waals surface area contributed by atoms with Crippen molar-refractivity contribution in [3.63, 3.8) is 0 Å². The van der Waals surface area contributed by atoms with E-state index in [1.807, 2.05) is 50.1 Å². The van der Waals surface area contributed by atoms with Crippen LogP contribution in [0.3, 0.4) is 0 Å². The Kier molecular flexibility index (Phi) is 5.49. The van der Waals surface area contributed by atoms with Crippen LogP contribution in [-0.2, 0) is 0 Å². The van der Waals surface area contributed by atoms with Gasteiger partial charge in [-0.3, -0.25) is 4.79 Å². The van der Waals surface area contributed by atoms with E-state index >= 15 is 0 Å². The number of likely N-dealkylation sites (tertiary alicyclic amines) is 1. The summed E-state index contributed by atoms with van der Waals surface area (Å²) in [4.78, 5) is 19.1. The Morgan fingerprint density at radius 2 is 1.85 bits per heavy atom. The molecule has 1 saturated heterocycles. The topological polar surface area (TPSA) is 103 Å². The van der Waals surface area contributed by atoms with Crippen LogP contribution >= 0.6 is 0 Å². The molecule has 1 aliphatic rings. The number of piperidine rings is 1. The number of hydrogen-bond acceptors (Lipinski definition) is 7. The number of fused-ring (bicyclic) bond motifs is 1. The summed E-state index contributed by atoms with van der Waals surface area (Å²) in [5.41, 5.74) is 3.96. The summed E-state index contributed by atoms with van der Waals surface area (Å²) in [6, 6.07) is 9.22. The van der Waals surface area contributed by atoms with Gasteiger partial charge in [0.25, 0.3) is 5.91 Å². The van der Waals surface area contributed by atoms with Crippen molar-refractivity contribution in [1.29, 1.82) is 0 Å². The van der Waals surface area contributed by atoms with Crippen molar-refractivity contribution in [2.45, 2.75) is 33.6 Å². The summed E-state index contributed by atoms with van der Waals surface area (Å²) in [5, 5.41) is 17.2. The third-order valence-electron chi connectivity index (χ3n) is 5.88. The van der Waals surface area contributed by atoms with Crippen molar-refractivity contribution in [2.75, 3.05) is 19.7 Å². The fraction of sp³-hybridized carbons (Fsp3) is 0.391. The number of carbonyl (C=O) groups excluding carboxylic acids is 1. The number of rotatable bonds is 5. The van der Waals surface area contributed by atoms with E-state index < -0.39 is 0 Å². The van der Waals surface area contributed by atoms with Gasteiger partial charge in [0, 0.05) is 24.8 Å². The monoisotopic (exact) mass is 446 g/mol. The Labute approximate surface area is 191 Å². The van der Waals surface area contributed by atoms with Gasteiger partial charge in [0.2, 0.25) is 5.88 Å². The first-order chi connectivity index (χ1) is 16.0. The Morgan fingerprint density at radius 1 is 1.03 bits per heavy atom. The number of amides is 1. The lowest BCUT2D eigenvalue weighted by molar-refractivity contribution is 0.0652. The second-order valence-corrected chi connectivity index (χ2v) is 8.52. The number of nitrogens with zero attached hydrogens (tertiary/aromatic N) is 8. The van der Waals surface area contributed by atoms with Gasteiger partial charge in [-0.05, 0) is 63.8 Å². The van der Waals surface area contributed by atoms with Crippen molar-refractivity contribution in [2.24, 2.45) is 5.92 Å². The number of carbonyl (C=O) groups is 1.